The zero-order chi connectivity index (χ0) is 20.6. The molecule has 0 aromatic carbocycles. The van der Waals surface area contributed by atoms with Gasteiger partial charge in [-0.05, 0) is 50.6 Å². The van der Waals surface area contributed by atoms with Gasteiger partial charge in [-0.1, -0.05) is 25.4 Å². The number of hydrogen-bond acceptors (Lipinski definition) is 4. The largest absolute Gasteiger partial charge is 0.335 e. The van der Waals surface area contributed by atoms with Crippen LogP contribution in [0.5, 0.6) is 0 Å². The van der Waals surface area contributed by atoms with E-state index in [0.29, 0.717) is 16.9 Å². The van der Waals surface area contributed by atoms with Gasteiger partial charge in [-0.15, -0.1) is 0 Å². The second-order valence-electron chi connectivity index (χ2n) is 8.99. The molecule has 1 aliphatic heterocycles. The smallest absolute Gasteiger partial charge is 0.320 e. The number of nitrogens with one attached hydrogen (secondary N) is 3. The minimum Gasteiger partial charge on any atom is -0.335 e. The van der Waals surface area contributed by atoms with Crippen molar-refractivity contribution in [1.29, 1.82) is 0 Å². The zero-order valence-electron chi connectivity index (χ0n) is 17.3. The van der Waals surface area contributed by atoms with Crippen LogP contribution in [0.3, 0.4) is 0 Å². The highest BCUT2D eigenvalue weighted by Gasteiger charge is 2.32. The van der Waals surface area contributed by atoms with Crippen molar-refractivity contribution < 1.29 is 4.79 Å². The van der Waals surface area contributed by atoms with Crippen LogP contribution < -0.4 is 16.0 Å². The molecule has 1 fully saturated rings. The standard InChI is InChI=1S/C21H29ClN6O/c1-21(2)9-18-16(10-25-28(18)12-21)15-8-19(24-11-17(15)22)27-20(29)26-14-6-4-13(23-3)5-7-14/h8,10-11,13-14,23H,4-7,9,12H2,1-3H3,(H2,24,26,27,29). The van der Waals surface area contributed by atoms with Crippen LogP contribution in [0.25, 0.3) is 11.1 Å². The molecule has 2 amide bonds. The van der Waals surface area contributed by atoms with Crippen molar-refractivity contribution in [2.24, 2.45) is 5.41 Å². The quantitative estimate of drug-likeness (QED) is 0.707. The van der Waals surface area contributed by atoms with Crippen molar-refractivity contribution in [3.63, 3.8) is 0 Å². The van der Waals surface area contributed by atoms with E-state index >= 15 is 0 Å². The van der Waals surface area contributed by atoms with E-state index < -0.39 is 0 Å². The van der Waals surface area contributed by atoms with Gasteiger partial charge in [0.2, 0.25) is 0 Å². The number of amides is 2. The predicted octanol–water partition coefficient (Wildman–Crippen LogP) is 3.83. The van der Waals surface area contributed by atoms with Crippen molar-refractivity contribution in [2.75, 3.05) is 12.4 Å². The third-order valence-electron chi connectivity index (χ3n) is 6.03. The number of carbonyl (C=O) groups excluding carboxylic acids is 1. The molecule has 1 aliphatic carbocycles. The molecule has 0 atom stereocenters. The maximum absolute atomic E-state index is 12.5. The summed E-state index contributed by atoms with van der Waals surface area (Å²) in [6.07, 6.45) is 8.51. The lowest BCUT2D eigenvalue weighted by Crippen LogP contribution is -2.43. The fourth-order valence-electron chi connectivity index (χ4n) is 4.45. The molecular formula is C21H29ClN6O. The van der Waals surface area contributed by atoms with E-state index in [0.717, 1.165) is 49.8 Å². The molecule has 0 bridgehead atoms. The minimum atomic E-state index is -0.222. The summed E-state index contributed by atoms with van der Waals surface area (Å²) in [5, 5.41) is 14.3. The van der Waals surface area contributed by atoms with Gasteiger partial charge < -0.3 is 10.6 Å². The Labute approximate surface area is 176 Å². The van der Waals surface area contributed by atoms with E-state index in [4.69, 9.17) is 11.6 Å². The van der Waals surface area contributed by atoms with E-state index in [-0.39, 0.29) is 17.5 Å². The number of pyridine rings is 1. The molecule has 156 valence electrons. The average Bonchev–Trinajstić information content (AvgIpc) is 3.19. The third-order valence-corrected chi connectivity index (χ3v) is 6.33. The number of carbonyl (C=O) groups is 1. The topological polar surface area (TPSA) is 83.9 Å². The van der Waals surface area contributed by atoms with Gasteiger partial charge in [0.25, 0.3) is 0 Å². The van der Waals surface area contributed by atoms with Crippen LogP contribution in [0.2, 0.25) is 5.02 Å². The number of anilines is 1. The first kappa shape index (κ1) is 20.2. The molecule has 29 heavy (non-hydrogen) atoms. The predicted molar refractivity (Wildman–Crippen MR) is 115 cm³/mol. The van der Waals surface area contributed by atoms with E-state index in [2.05, 4.69) is 39.9 Å². The number of nitrogens with zero attached hydrogens (tertiary/aromatic N) is 3. The summed E-state index contributed by atoms with van der Waals surface area (Å²) in [5.41, 5.74) is 3.23. The van der Waals surface area contributed by atoms with Gasteiger partial charge in [0.1, 0.15) is 5.82 Å². The maximum atomic E-state index is 12.5. The maximum Gasteiger partial charge on any atom is 0.320 e. The minimum absolute atomic E-state index is 0.186. The van der Waals surface area contributed by atoms with Crippen molar-refractivity contribution in [3.8, 4) is 11.1 Å². The molecule has 3 heterocycles. The molecule has 0 radical (unpaired) electrons. The van der Waals surface area contributed by atoms with Crippen LogP contribution in [0.1, 0.15) is 45.2 Å². The van der Waals surface area contributed by atoms with Crippen molar-refractivity contribution in [3.05, 3.63) is 29.2 Å². The van der Waals surface area contributed by atoms with Gasteiger partial charge in [0.15, 0.2) is 0 Å². The lowest BCUT2D eigenvalue weighted by atomic mass is 9.89. The van der Waals surface area contributed by atoms with Gasteiger partial charge in [-0.2, -0.15) is 5.10 Å². The van der Waals surface area contributed by atoms with Crippen LogP contribution in [0, 0.1) is 5.41 Å². The van der Waals surface area contributed by atoms with Gasteiger partial charge in [0.05, 0.1) is 11.2 Å². The molecule has 2 aromatic heterocycles. The Morgan fingerprint density at radius 1 is 1.17 bits per heavy atom. The molecule has 0 saturated heterocycles. The van der Waals surface area contributed by atoms with Gasteiger partial charge in [0, 0.05) is 41.6 Å². The van der Waals surface area contributed by atoms with Crippen molar-refractivity contribution in [2.45, 2.75) is 64.6 Å². The summed E-state index contributed by atoms with van der Waals surface area (Å²) in [5.74, 6) is 0.489. The first-order valence-corrected chi connectivity index (χ1v) is 10.7. The van der Waals surface area contributed by atoms with Crippen LogP contribution in [0.4, 0.5) is 10.6 Å². The first-order valence-electron chi connectivity index (χ1n) is 10.3. The van der Waals surface area contributed by atoms with Crippen LogP contribution >= 0.6 is 11.6 Å². The Hall–Kier alpha value is -2.12. The molecule has 3 N–H and O–H groups in total. The highest BCUT2D eigenvalue weighted by molar-refractivity contribution is 6.33. The van der Waals surface area contributed by atoms with Crippen molar-refractivity contribution in [1.82, 2.24) is 25.4 Å². The zero-order valence-corrected chi connectivity index (χ0v) is 18.0. The Bertz CT molecular complexity index is 901. The third kappa shape index (κ3) is 4.41. The SMILES string of the molecule is CNC1CCC(NC(=O)Nc2cc(-c3cnn4c3CC(C)(C)C4)c(Cl)cn2)CC1. The van der Waals surface area contributed by atoms with E-state index in [1.807, 2.05) is 24.0 Å². The Morgan fingerprint density at radius 2 is 1.90 bits per heavy atom. The summed E-state index contributed by atoms with van der Waals surface area (Å²) in [6.45, 7) is 5.37. The van der Waals surface area contributed by atoms with E-state index in [1.165, 1.54) is 5.69 Å². The van der Waals surface area contributed by atoms with Gasteiger partial charge in [-0.3, -0.25) is 10.00 Å². The van der Waals surface area contributed by atoms with Gasteiger partial charge >= 0.3 is 6.03 Å². The number of fused-ring (bicyclic) bond motifs is 1. The molecule has 0 spiro atoms. The molecular weight excluding hydrogens is 388 g/mol. The average molecular weight is 417 g/mol. The fraction of sp³-hybridized carbons (Fsp3) is 0.571. The van der Waals surface area contributed by atoms with Crippen molar-refractivity contribution >= 4 is 23.4 Å². The lowest BCUT2D eigenvalue weighted by molar-refractivity contribution is 0.241. The fourth-order valence-corrected chi connectivity index (χ4v) is 4.66. The molecule has 0 unspecified atom stereocenters. The first-order chi connectivity index (χ1) is 13.8. The van der Waals surface area contributed by atoms with Crippen LogP contribution in [-0.4, -0.2) is 39.9 Å². The second-order valence-corrected chi connectivity index (χ2v) is 9.40. The van der Waals surface area contributed by atoms with Gasteiger partial charge in [-0.25, -0.2) is 9.78 Å². The summed E-state index contributed by atoms with van der Waals surface area (Å²) in [4.78, 5) is 16.7. The summed E-state index contributed by atoms with van der Waals surface area (Å²) in [7, 11) is 1.99. The van der Waals surface area contributed by atoms with Crippen LogP contribution in [0.15, 0.2) is 18.5 Å². The number of hydrogen-bond donors (Lipinski definition) is 3. The second kappa shape index (κ2) is 7.95. The number of rotatable bonds is 4. The number of aromatic nitrogens is 3. The number of halogens is 1. The normalized spacial score (nSPS) is 22.9. The highest BCUT2D eigenvalue weighted by Crippen LogP contribution is 2.39. The monoisotopic (exact) mass is 416 g/mol. The molecule has 8 heteroatoms. The van der Waals surface area contributed by atoms with E-state index in [9.17, 15) is 4.79 Å². The van der Waals surface area contributed by atoms with Crippen LogP contribution in [-0.2, 0) is 13.0 Å². The highest BCUT2D eigenvalue weighted by atomic mass is 35.5. The summed E-state index contributed by atoms with van der Waals surface area (Å²) < 4.78 is 2.05. The molecule has 1 saturated carbocycles. The Morgan fingerprint density at radius 3 is 2.62 bits per heavy atom. The molecule has 7 nitrogen and oxygen atoms in total. The molecule has 2 aliphatic rings. The Kier molecular flexibility index (Phi) is 5.53. The molecule has 2 aromatic rings. The summed E-state index contributed by atoms with van der Waals surface area (Å²) in [6, 6.07) is 2.37. The molecule has 4 rings (SSSR count). The Balaban J connectivity index is 1.45. The summed E-state index contributed by atoms with van der Waals surface area (Å²) >= 11 is 6.45. The lowest BCUT2D eigenvalue weighted by Gasteiger charge is -2.28. The van der Waals surface area contributed by atoms with E-state index in [1.54, 1.807) is 6.20 Å². The number of urea groups is 1.